The minimum atomic E-state index is -0.663. The van der Waals surface area contributed by atoms with Crippen molar-refractivity contribution >= 4 is 39.2 Å². The summed E-state index contributed by atoms with van der Waals surface area (Å²) in [5.41, 5.74) is 2.78. The van der Waals surface area contributed by atoms with E-state index in [9.17, 15) is 9.59 Å². The number of carbonyl (C=O) groups is 2. The van der Waals surface area contributed by atoms with E-state index < -0.39 is 11.8 Å². The molecule has 0 spiro atoms. The lowest BCUT2D eigenvalue weighted by molar-refractivity contribution is -0.136. The van der Waals surface area contributed by atoms with Crippen molar-refractivity contribution in [3.8, 4) is 0 Å². The lowest BCUT2D eigenvalue weighted by Gasteiger charge is -2.07. The van der Waals surface area contributed by atoms with E-state index in [-0.39, 0.29) is 0 Å². The summed E-state index contributed by atoms with van der Waals surface area (Å²) in [4.78, 5) is 27.4. The highest BCUT2D eigenvalue weighted by atomic mass is 16.2. The zero-order valence-electron chi connectivity index (χ0n) is 14.7. The number of para-hydroxylation sites is 1. The second-order valence-corrected chi connectivity index (χ2v) is 6.38. The summed E-state index contributed by atoms with van der Waals surface area (Å²) < 4.78 is 0. The average molecular weight is 357 g/mol. The molecule has 27 heavy (non-hydrogen) atoms. The van der Waals surface area contributed by atoms with Gasteiger partial charge in [-0.3, -0.25) is 9.59 Å². The fourth-order valence-corrected chi connectivity index (χ4v) is 3.18. The highest BCUT2D eigenvalue weighted by molar-refractivity contribution is 6.39. The van der Waals surface area contributed by atoms with Gasteiger partial charge in [0.1, 0.15) is 0 Å². The van der Waals surface area contributed by atoms with Gasteiger partial charge in [-0.05, 0) is 41.0 Å². The first kappa shape index (κ1) is 16.8. The second-order valence-electron chi connectivity index (χ2n) is 6.38. The first-order valence-electron chi connectivity index (χ1n) is 8.84. The van der Waals surface area contributed by atoms with Gasteiger partial charge in [0.15, 0.2) is 0 Å². The Labute approximate surface area is 156 Å². The van der Waals surface area contributed by atoms with Gasteiger partial charge in [-0.25, -0.2) is 0 Å². The maximum absolute atomic E-state index is 12.1. The van der Waals surface area contributed by atoms with Gasteiger partial charge in [-0.1, -0.05) is 48.5 Å². The van der Waals surface area contributed by atoms with Crippen LogP contribution in [0.15, 0.2) is 72.9 Å². The normalized spacial score (nSPS) is 10.8. The van der Waals surface area contributed by atoms with Crippen molar-refractivity contribution in [3.63, 3.8) is 0 Å². The number of amides is 2. The van der Waals surface area contributed by atoms with Crippen LogP contribution in [-0.4, -0.2) is 23.3 Å². The average Bonchev–Trinajstić information content (AvgIpc) is 3.11. The maximum Gasteiger partial charge on any atom is 0.313 e. The number of fused-ring (bicyclic) bond motifs is 2. The highest BCUT2D eigenvalue weighted by Gasteiger charge is 2.13. The minimum Gasteiger partial charge on any atom is -0.361 e. The second kappa shape index (κ2) is 7.33. The highest BCUT2D eigenvalue weighted by Crippen LogP contribution is 2.19. The third-order valence-electron chi connectivity index (χ3n) is 4.57. The zero-order chi connectivity index (χ0) is 18.6. The SMILES string of the molecule is O=C(NCCc1c[nH]c2ccccc12)C(=O)Nc1ccc2ccccc2c1. The van der Waals surface area contributed by atoms with Crippen LogP contribution < -0.4 is 10.6 Å². The maximum atomic E-state index is 12.1. The van der Waals surface area contributed by atoms with Crippen LogP contribution >= 0.6 is 0 Å². The molecule has 5 nitrogen and oxygen atoms in total. The minimum absolute atomic E-state index is 0.395. The molecule has 0 bridgehead atoms. The first-order chi connectivity index (χ1) is 13.2. The molecular weight excluding hydrogens is 338 g/mol. The molecule has 5 heteroatoms. The van der Waals surface area contributed by atoms with E-state index in [1.54, 1.807) is 6.07 Å². The Bertz CT molecular complexity index is 1130. The number of anilines is 1. The summed E-state index contributed by atoms with van der Waals surface area (Å²) in [7, 11) is 0. The molecule has 2 amide bonds. The largest absolute Gasteiger partial charge is 0.361 e. The Morgan fingerprint density at radius 1 is 0.852 bits per heavy atom. The Hall–Kier alpha value is -3.60. The molecule has 0 saturated carbocycles. The molecule has 4 rings (SSSR count). The van der Waals surface area contributed by atoms with Crippen molar-refractivity contribution in [1.82, 2.24) is 10.3 Å². The number of H-pyrrole nitrogens is 1. The van der Waals surface area contributed by atoms with Gasteiger partial charge in [-0.2, -0.15) is 0 Å². The van der Waals surface area contributed by atoms with Crippen LogP contribution in [-0.2, 0) is 16.0 Å². The van der Waals surface area contributed by atoms with Crippen LogP contribution in [0, 0.1) is 0 Å². The zero-order valence-corrected chi connectivity index (χ0v) is 14.7. The number of benzene rings is 3. The number of aromatic nitrogens is 1. The fraction of sp³-hybridized carbons (Fsp3) is 0.0909. The van der Waals surface area contributed by atoms with Gasteiger partial charge < -0.3 is 15.6 Å². The monoisotopic (exact) mass is 357 g/mol. The summed E-state index contributed by atoms with van der Waals surface area (Å²) in [6.45, 7) is 0.395. The van der Waals surface area contributed by atoms with E-state index in [4.69, 9.17) is 0 Å². The molecule has 1 heterocycles. The van der Waals surface area contributed by atoms with E-state index in [0.717, 1.165) is 27.2 Å². The molecule has 3 N–H and O–H groups in total. The van der Waals surface area contributed by atoms with Gasteiger partial charge in [0.2, 0.25) is 0 Å². The summed E-state index contributed by atoms with van der Waals surface area (Å²) in [6.07, 6.45) is 2.59. The number of hydrogen-bond acceptors (Lipinski definition) is 2. The predicted octanol–water partition coefficient (Wildman–Crippen LogP) is 3.62. The molecule has 4 aromatic rings. The molecule has 0 unspecified atom stereocenters. The summed E-state index contributed by atoms with van der Waals surface area (Å²) >= 11 is 0. The first-order valence-corrected chi connectivity index (χ1v) is 8.84. The van der Waals surface area contributed by atoms with Gasteiger partial charge in [0, 0.05) is 29.3 Å². The van der Waals surface area contributed by atoms with E-state index in [0.29, 0.717) is 18.7 Å². The smallest absolute Gasteiger partial charge is 0.313 e. The van der Waals surface area contributed by atoms with E-state index in [2.05, 4.69) is 15.6 Å². The van der Waals surface area contributed by atoms with Crippen LogP contribution in [0.3, 0.4) is 0 Å². The molecule has 0 saturated heterocycles. The molecule has 0 aliphatic heterocycles. The van der Waals surface area contributed by atoms with Crippen LogP contribution in [0.1, 0.15) is 5.56 Å². The van der Waals surface area contributed by atoms with Crippen LogP contribution in [0.5, 0.6) is 0 Å². The molecule has 134 valence electrons. The summed E-state index contributed by atoms with van der Waals surface area (Å²) in [5.74, 6) is -1.30. The van der Waals surface area contributed by atoms with Crippen LogP contribution in [0.2, 0.25) is 0 Å². The molecule has 0 atom stereocenters. The summed E-state index contributed by atoms with van der Waals surface area (Å²) in [5, 5.41) is 8.55. The lowest BCUT2D eigenvalue weighted by atomic mass is 10.1. The predicted molar refractivity (Wildman–Crippen MR) is 108 cm³/mol. The number of rotatable bonds is 4. The molecule has 0 aliphatic carbocycles. The van der Waals surface area contributed by atoms with Gasteiger partial charge in [0.25, 0.3) is 0 Å². The van der Waals surface area contributed by atoms with Gasteiger partial charge in [-0.15, -0.1) is 0 Å². The van der Waals surface area contributed by atoms with Crippen molar-refractivity contribution in [2.75, 3.05) is 11.9 Å². The molecule has 0 radical (unpaired) electrons. The Kier molecular flexibility index (Phi) is 4.58. The topological polar surface area (TPSA) is 74.0 Å². The Balaban J connectivity index is 1.34. The van der Waals surface area contributed by atoms with Gasteiger partial charge in [0.05, 0.1) is 0 Å². The van der Waals surface area contributed by atoms with E-state index in [1.165, 1.54) is 0 Å². The third-order valence-corrected chi connectivity index (χ3v) is 4.57. The Morgan fingerprint density at radius 2 is 1.63 bits per heavy atom. The van der Waals surface area contributed by atoms with Crippen molar-refractivity contribution in [3.05, 3.63) is 78.5 Å². The quantitative estimate of drug-likeness (QED) is 0.488. The van der Waals surface area contributed by atoms with Gasteiger partial charge >= 0.3 is 11.8 Å². The molecule has 0 fully saturated rings. The van der Waals surface area contributed by atoms with Crippen molar-refractivity contribution in [1.29, 1.82) is 0 Å². The standard InChI is InChI=1S/C22H19N3O2/c26-21(23-12-11-17-14-24-20-8-4-3-7-19(17)20)22(27)25-18-10-9-15-5-1-2-6-16(15)13-18/h1-10,13-14,24H,11-12H2,(H,23,26)(H,25,27). The van der Waals surface area contributed by atoms with Crippen molar-refractivity contribution in [2.24, 2.45) is 0 Å². The third kappa shape index (κ3) is 3.67. The lowest BCUT2D eigenvalue weighted by Crippen LogP contribution is -2.36. The molecular formula is C22H19N3O2. The van der Waals surface area contributed by atoms with Crippen molar-refractivity contribution < 1.29 is 9.59 Å². The Morgan fingerprint density at radius 3 is 2.52 bits per heavy atom. The number of nitrogens with one attached hydrogen (secondary N) is 3. The fourth-order valence-electron chi connectivity index (χ4n) is 3.18. The van der Waals surface area contributed by atoms with E-state index in [1.807, 2.05) is 66.9 Å². The van der Waals surface area contributed by atoms with Crippen LogP contribution in [0.25, 0.3) is 21.7 Å². The molecule has 1 aromatic heterocycles. The number of hydrogen-bond donors (Lipinski definition) is 3. The number of carbonyl (C=O) groups excluding carboxylic acids is 2. The van der Waals surface area contributed by atoms with Crippen molar-refractivity contribution in [2.45, 2.75) is 6.42 Å². The summed E-state index contributed by atoms with van der Waals surface area (Å²) in [6, 6.07) is 21.4. The van der Waals surface area contributed by atoms with E-state index >= 15 is 0 Å². The molecule has 3 aromatic carbocycles. The molecule has 0 aliphatic rings. The van der Waals surface area contributed by atoms with Crippen LogP contribution in [0.4, 0.5) is 5.69 Å². The number of aromatic amines is 1.